The van der Waals surface area contributed by atoms with Gasteiger partial charge in [-0.05, 0) is 81.6 Å². The van der Waals surface area contributed by atoms with Crippen molar-refractivity contribution >= 4 is 37.6 Å². The van der Waals surface area contributed by atoms with Gasteiger partial charge in [-0.3, -0.25) is 4.79 Å². The highest BCUT2D eigenvalue weighted by molar-refractivity contribution is 9.10. The third-order valence-corrected chi connectivity index (χ3v) is 3.91. The van der Waals surface area contributed by atoms with E-state index in [0.29, 0.717) is 11.3 Å². The molecule has 98 valence electrons. The summed E-state index contributed by atoms with van der Waals surface area (Å²) in [5.41, 5.74) is 1.81. The lowest BCUT2D eigenvalue weighted by Gasteiger charge is -2.10. The Morgan fingerprint density at radius 3 is 2.37 bits per heavy atom. The summed E-state index contributed by atoms with van der Waals surface area (Å²) in [6.07, 6.45) is 0. The van der Waals surface area contributed by atoms with Crippen molar-refractivity contribution in [2.24, 2.45) is 0 Å². The Morgan fingerprint density at radius 2 is 1.79 bits per heavy atom. The molecule has 0 spiro atoms. The average molecular weight is 384 g/mol. The zero-order valence-electron chi connectivity index (χ0n) is 10.5. The zero-order chi connectivity index (χ0) is 14.0. The molecule has 0 aromatic heterocycles. The van der Waals surface area contributed by atoms with E-state index >= 15 is 0 Å². The highest BCUT2D eigenvalue weighted by Crippen LogP contribution is 2.32. The van der Waals surface area contributed by atoms with Crippen molar-refractivity contribution in [3.8, 4) is 11.5 Å². The number of ether oxygens (including phenoxy) is 1. The van der Waals surface area contributed by atoms with Gasteiger partial charge < -0.3 is 4.74 Å². The van der Waals surface area contributed by atoms with E-state index in [1.165, 1.54) is 6.92 Å². The third-order valence-electron chi connectivity index (χ3n) is 2.64. The lowest BCUT2D eigenvalue weighted by Crippen LogP contribution is -1.94. The van der Waals surface area contributed by atoms with Gasteiger partial charge >= 0.3 is 0 Å². The SMILES string of the molecule is CC(=O)c1ccc(Oc2ccc(C)cc2Br)cc1Br. The van der Waals surface area contributed by atoms with E-state index in [0.717, 1.165) is 20.3 Å². The number of ketones is 1. The van der Waals surface area contributed by atoms with Crippen LogP contribution in [0.4, 0.5) is 0 Å². The molecule has 2 rings (SSSR count). The number of halogens is 2. The molecule has 0 aliphatic carbocycles. The molecule has 2 aromatic carbocycles. The van der Waals surface area contributed by atoms with Gasteiger partial charge in [0.1, 0.15) is 11.5 Å². The number of carbonyl (C=O) groups excluding carboxylic acids is 1. The molecule has 0 fully saturated rings. The molecule has 19 heavy (non-hydrogen) atoms. The minimum atomic E-state index is 0.0231. The first-order valence-corrected chi connectivity index (χ1v) is 7.30. The molecule has 0 atom stereocenters. The number of aryl methyl sites for hydroxylation is 1. The molecule has 0 N–H and O–H groups in total. The molecule has 0 radical (unpaired) electrons. The second kappa shape index (κ2) is 5.88. The lowest BCUT2D eigenvalue weighted by molar-refractivity contribution is 0.101. The smallest absolute Gasteiger partial charge is 0.160 e. The van der Waals surface area contributed by atoms with Crippen molar-refractivity contribution in [3.63, 3.8) is 0 Å². The van der Waals surface area contributed by atoms with Crippen molar-refractivity contribution in [1.82, 2.24) is 0 Å². The molecule has 2 aromatic rings. The van der Waals surface area contributed by atoms with Gasteiger partial charge in [0, 0.05) is 10.0 Å². The Balaban J connectivity index is 2.29. The minimum Gasteiger partial charge on any atom is -0.456 e. The quantitative estimate of drug-likeness (QED) is 0.652. The zero-order valence-corrected chi connectivity index (χ0v) is 13.7. The molecule has 0 saturated carbocycles. The van der Waals surface area contributed by atoms with Crippen molar-refractivity contribution in [1.29, 1.82) is 0 Å². The maximum Gasteiger partial charge on any atom is 0.160 e. The van der Waals surface area contributed by atoms with Crippen LogP contribution in [0.1, 0.15) is 22.8 Å². The highest BCUT2D eigenvalue weighted by atomic mass is 79.9. The van der Waals surface area contributed by atoms with Gasteiger partial charge in [0.2, 0.25) is 0 Å². The standard InChI is InChI=1S/C15H12Br2O2/c1-9-3-6-15(14(17)7-9)19-11-4-5-12(10(2)18)13(16)8-11/h3-8H,1-2H3. The van der Waals surface area contributed by atoms with E-state index in [-0.39, 0.29) is 5.78 Å². The molecule has 0 heterocycles. The minimum absolute atomic E-state index is 0.0231. The number of hydrogen-bond donors (Lipinski definition) is 0. The van der Waals surface area contributed by atoms with Gasteiger partial charge in [-0.25, -0.2) is 0 Å². The summed E-state index contributed by atoms with van der Waals surface area (Å²) in [5, 5.41) is 0. The predicted molar refractivity (Wildman–Crippen MR) is 83.1 cm³/mol. The van der Waals surface area contributed by atoms with E-state index in [9.17, 15) is 4.79 Å². The van der Waals surface area contributed by atoms with Crippen LogP contribution in [0, 0.1) is 6.92 Å². The third kappa shape index (κ3) is 3.45. The van der Waals surface area contributed by atoms with Crippen LogP contribution in [0.25, 0.3) is 0 Å². The first kappa shape index (κ1) is 14.3. The van der Waals surface area contributed by atoms with Gasteiger partial charge in [0.25, 0.3) is 0 Å². The van der Waals surface area contributed by atoms with E-state index in [2.05, 4.69) is 31.9 Å². The lowest BCUT2D eigenvalue weighted by atomic mass is 10.1. The molecule has 0 bridgehead atoms. The summed E-state index contributed by atoms with van der Waals surface area (Å²) in [4.78, 5) is 11.3. The monoisotopic (exact) mass is 382 g/mol. The van der Waals surface area contributed by atoms with Crippen LogP contribution < -0.4 is 4.74 Å². The number of rotatable bonds is 3. The molecule has 0 aliphatic rings. The maximum absolute atomic E-state index is 11.3. The fourth-order valence-corrected chi connectivity index (χ4v) is 2.87. The highest BCUT2D eigenvalue weighted by Gasteiger charge is 2.08. The summed E-state index contributed by atoms with van der Waals surface area (Å²) in [5.74, 6) is 1.45. The summed E-state index contributed by atoms with van der Waals surface area (Å²) in [6.45, 7) is 3.56. The average Bonchev–Trinajstić information content (AvgIpc) is 2.32. The first-order chi connectivity index (χ1) is 8.97. The van der Waals surface area contributed by atoms with Crippen LogP contribution in [-0.2, 0) is 0 Å². The van der Waals surface area contributed by atoms with Gasteiger partial charge in [-0.1, -0.05) is 6.07 Å². The summed E-state index contributed by atoms with van der Waals surface area (Å²) < 4.78 is 7.43. The Labute approximate surface area is 129 Å². The number of carbonyl (C=O) groups is 1. The van der Waals surface area contributed by atoms with Crippen LogP contribution >= 0.6 is 31.9 Å². The van der Waals surface area contributed by atoms with Gasteiger partial charge in [0.05, 0.1) is 4.47 Å². The van der Waals surface area contributed by atoms with Crippen LogP contribution in [0.2, 0.25) is 0 Å². The molecular weight excluding hydrogens is 372 g/mol. The Hall–Kier alpha value is -1.13. The van der Waals surface area contributed by atoms with Crippen molar-refractivity contribution < 1.29 is 9.53 Å². The molecule has 0 unspecified atom stereocenters. The molecule has 2 nitrogen and oxygen atoms in total. The second-order valence-electron chi connectivity index (χ2n) is 4.23. The largest absolute Gasteiger partial charge is 0.456 e. The van der Waals surface area contributed by atoms with Crippen molar-refractivity contribution in [2.75, 3.05) is 0 Å². The van der Waals surface area contributed by atoms with Crippen molar-refractivity contribution in [3.05, 3.63) is 56.5 Å². The number of benzene rings is 2. The van der Waals surface area contributed by atoms with Crippen LogP contribution in [0.3, 0.4) is 0 Å². The Morgan fingerprint density at radius 1 is 1.05 bits per heavy atom. The normalized spacial score (nSPS) is 10.3. The molecule has 4 heteroatoms. The summed E-state index contributed by atoms with van der Waals surface area (Å²) >= 11 is 6.85. The first-order valence-electron chi connectivity index (χ1n) is 5.72. The van der Waals surface area contributed by atoms with Crippen LogP contribution in [0.15, 0.2) is 45.3 Å². The van der Waals surface area contributed by atoms with Crippen molar-refractivity contribution in [2.45, 2.75) is 13.8 Å². The predicted octanol–water partition coefficient (Wildman–Crippen LogP) is 5.51. The Kier molecular flexibility index (Phi) is 4.42. The molecule has 0 amide bonds. The summed E-state index contributed by atoms with van der Waals surface area (Å²) in [6, 6.07) is 11.2. The molecule has 0 aliphatic heterocycles. The van der Waals surface area contributed by atoms with Gasteiger partial charge in [-0.2, -0.15) is 0 Å². The van der Waals surface area contributed by atoms with Crippen LogP contribution in [-0.4, -0.2) is 5.78 Å². The topological polar surface area (TPSA) is 26.3 Å². The number of Topliss-reactive ketones (excluding diaryl/α,β-unsaturated/α-hetero) is 1. The van der Waals surface area contributed by atoms with E-state index in [4.69, 9.17) is 4.74 Å². The number of hydrogen-bond acceptors (Lipinski definition) is 2. The molecule has 0 saturated heterocycles. The molecular formula is C15H12Br2O2. The van der Waals surface area contributed by atoms with Gasteiger partial charge in [0.15, 0.2) is 5.78 Å². The Bertz CT molecular complexity index is 636. The fraction of sp³-hybridized carbons (Fsp3) is 0.133. The second-order valence-corrected chi connectivity index (χ2v) is 5.94. The van der Waals surface area contributed by atoms with E-state index in [1.807, 2.05) is 25.1 Å². The fourth-order valence-electron chi connectivity index (χ4n) is 1.66. The van der Waals surface area contributed by atoms with E-state index in [1.54, 1.807) is 18.2 Å². The summed E-state index contributed by atoms with van der Waals surface area (Å²) in [7, 11) is 0. The maximum atomic E-state index is 11.3. The van der Waals surface area contributed by atoms with Crippen LogP contribution in [0.5, 0.6) is 11.5 Å². The van der Waals surface area contributed by atoms with E-state index < -0.39 is 0 Å². The van der Waals surface area contributed by atoms with Gasteiger partial charge in [-0.15, -0.1) is 0 Å².